The molecule has 3 amide bonds. The van der Waals surface area contributed by atoms with E-state index in [1.807, 2.05) is 0 Å². The van der Waals surface area contributed by atoms with Gasteiger partial charge in [-0.2, -0.15) is 0 Å². The van der Waals surface area contributed by atoms with Gasteiger partial charge in [0.1, 0.15) is 11.2 Å². The number of amides is 3. The summed E-state index contributed by atoms with van der Waals surface area (Å²) in [5.74, 6) is -0.428. The molecule has 1 aromatic heterocycles. The minimum atomic E-state index is -0.704. The number of imide groups is 1. The average molecular weight is 377 g/mol. The normalized spacial score (nSPS) is 14.0. The smallest absolute Gasteiger partial charge is 0.417 e. The summed E-state index contributed by atoms with van der Waals surface area (Å²) in [6.45, 7) is 10.8. The van der Waals surface area contributed by atoms with Gasteiger partial charge in [-0.1, -0.05) is 0 Å². The third kappa shape index (κ3) is 5.18. The Kier molecular flexibility index (Phi) is 5.49. The standard InChI is InChI=1S/C19H27N3O5/c1-18(2,3)26-16(24)21(7)11-14-13-10-22(17(25)27-19(4,5)6)15(23)12(13)8-9-20-14/h8-9H,10-11H2,1-7H3. The van der Waals surface area contributed by atoms with Gasteiger partial charge < -0.3 is 14.4 Å². The number of carbonyl (C=O) groups is 3. The first-order valence-corrected chi connectivity index (χ1v) is 8.74. The van der Waals surface area contributed by atoms with Gasteiger partial charge in [-0.05, 0) is 47.6 Å². The first-order valence-electron chi connectivity index (χ1n) is 8.74. The van der Waals surface area contributed by atoms with Crippen molar-refractivity contribution in [2.75, 3.05) is 7.05 Å². The average Bonchev–Trinajstić information content (AvgIpc) is 2.82. The van der Waals surface area contributed by atoms with Crippen LogP contribution in [0.15, 0.2) is 12.3 Å². The molecule has 0 saturated carbocycles. The van der Waals surface area contributed by atoms with Crippen LogP contribution in [0.5, 0.6) is 0 Å². The van der Waals surface area contributed by atoms with Crippen molar-refractivity contribution in [2.24, 2.45) is 0 Å². The molecule has 0 unspecified atom stereocenters. The van der Waals surface area contributed by atoms with Crippen molar-refractivity contribution in [1.29, 1.82) is 0 Å². The van der Waals surface area contributed by atoms with E-state index >= 15 is 0 Å². The number of ether oxygens (including phenoxy) is 2. The molecule has 1 aliphatic rings. The molecule has 2 rings (SSSR count). The Balaban J connectivity index is 2.18. The van der Waals surface area contributed by atoms with Crippen molar-refractivity contribution in [3.8, 4) is 0 Å². The second kappa shape index (κ2) is 7.17. The maximum absolute atomic E-state index is 12.6. The van der Waals surface area contributed by atoms with Crippen molar-refractivity contribution in [2.45, 2.75) is 65.8 Å². The van der Waals surface area contributed by atoms with Crippen LogP contribution in [0.25, 0.3) is 0 Å². The second-order valence-corrected chi connectivity index (χ2v) is 8.49. The highest BCUT2D eigenvalue weighted by atomic mass is 16.6. The molecule has 148 valence electrons. The van der Waals surface area contributed by atoms with E-state index in [2.05, 4.69) is 4.98 Å². The van der Waals surface area contributed by atoms with Gasteiger partial charge in [0.2, 0.25) is 0 Å². The van der Waals surface area contributed by atoms with Crippen LogP contribution in [0, 0.1) is 0 Å². The molecule has 0 N–H and O–H groups in total. The van der Waals surface area contributed by atoms with Gasteiger partial charge in [0, 0.05) is 24.4 Å². The van der Waals surface area contributed by atoms with E-state index in [0.717, 1.165) is 4.90 Å². The summed E-state index contributed by atoms with van der Waals surface area (Å²) in [5, 5.41) is 0. The van der Waals surface area contributed by atoms with Gasteiger partial charge in [-0.25, -0.2) is 14.5 Å². The Morgan fingerprint density at radius 1 is 1.15 bits per heavy atom. The lowest BCUT2D eigenvalue weighted by molar-refractivity contribution is 0.0238. The minimum Gasteiger partial charge on any atom is -0.444 e. The third-order valence-electron chi connectivity index (χ3n) is 3.64. The summed E-state index contributed by atoms with van der Waals surface area (Å²) in [7, 11) is 1.59. The van der Waals surface area contributed by atoms with Crippen molar-refractivity contribution in [3.63, 3.8) is 0 Å². The van der Waals surface area contributed by atoms with Gasteiger partial charge in [0.15, 0.2) is 0 Å². The zero-order valence-corrected chi connectivity index (χ0v) is 17.0. The highest BCUT2D eigenvalue weighted by Gasteiger charge is 2.37. The lowest BCUT2D eigenvalue weighted by Gasteiger charge is -2.25. The highest BCUT2D eigenvalue weighted by Crippen LogP contribution is 2.27. The van der Waals surface area contributed by atoms with Crippen molar-refractivity contribution in [1.82, 2.24) is 14.8 Å². The molecule has 0 bridgehead atoms. The number of pyridine rings is 1. The first-order chi connectivity index (χ1) is 12.3. The molecule has 0 atom stereocenters. The number of fused-ring (bicyclic) bond motifs is 1. The predicted octanol–water partition coefficient (Wildman–Crippen LogP) is 3.34. The first kappa shape index (κ1) is 20.7. The fourth-order valence-electron chi connectivity index (χ4n) is 2.52. The molecule has 1 aromatic rings. The maximum atomic E-state index is 12.6. The quantitative estimate of drug-likeness (QED) is 0.785. The van der Waals surface area contributed by atoms with Gasteiger partial charge in [-0.15, -0.1) is 0 Å². The fourth-order valence-corrected chi connectivity index (χ4v) is 2.52. The molecule has 2 heterocycles. The topological polar surface area (TPSA) is 89.0 Å². The monoisotopic (exact) mass is 377 g/mol. The van der Waals surface area contributed by atoms with Crippen molar-refractivity contribution < 1.29 is 23.9 Å². The van der Waals surface area contributed by atoms with Crippen molar-refractivity contribution in [3.05, 3.63) is 29.1 Å². The fraction of sp³-hybridized carbons (Fsp3) is 0.579. The van der Waals surface area contributed by atoms with Crippen LogP contribution >= 0.6 is 0 Å². The minimum absolute atomic E-state index is 0.0639. The van der Waals surface area contributed by atoms with E-state index in [9.17, 15) is 14.4 Å². The summed E-state index contributed by atoms with van der Waals surface area (Å²) in [6.07, 6.45) is 0.304. The molecule has 0 aliphatic carbocycles. The van der Waals surface area contributed by atoms with Gasteiger partial charge in [0.25, 0.3) is 5.91 Å². The number of nitrogens with zero attached hydrogens (tertiary/aromatic N) is 3. The zero-order chi connectivity index (χ0) is 20.6. The zero-order valence-electron chi connectivity index (χ0n) is 17.0. The number of aromatic nitrogens is 1. The summed E-state index contributed by atoms with van der Waals surface area (Å²) >= 11 is 0. The van der Waals surface area contributed by atoms with Gasteiger partial charge >= 0.3 is 12.2 Å². The van der Waals surface area contributed by atoms with E-state index in [1.165, 1.54) is 11.1 Å². The molecule has 0 aromatic carbocycles. The van der Waals surface area contributed by atoms with E-state index in [1.54, 1.807) is 54.7 Å². The van der Waals surface area contributed by atoms with Crippen LogP contribution in [-0.4, -0.2) is 51.1 Å². The molecular weight excluding hydrogens is 350 g/mol. The van der Waals surface area contributed by atoms with Crippen LogP contribution in [0.4, 0.5) is 9.59 Å². The van der Waals surface area contributed by atoms with Crippen LogP contribution in [0.2, 0.25) is 0 Å². The van der Waals surface area contributed by atoms with Gasteiger partial charge in [-0.3, -0.25) is 9.78 Å². The maximum Gasteiger partial charge on any atom is 0.417 e. The van der Waals surface area contributed by atoms with E-state index in [4.69, 9.17) is 9.47 Å². The SMILES string of the molecule is CN(Cc1nccc2c1CN(C(=O)OC(C)(C)C)C2=O)C(=O)OC(C)(C)C. The highest BCUT2D eigenvalue weighted by molar-refractivity contribution is 6.06. The van der Waals surface area contributed by atoms with E-state index in [-0.39, 0.29) is 13.1 Å². The molecule has 0 radical (unpaired) electrons. The van der Waals surface area contributed by atoms with Gasteiger partial charge in [0.05, 0.1) is 18.8 Å². The van der Waals surface area contributed by atoms with Crippen LogP contribution < -0.4 is 0 Å². The Hall–Kier alpha value is -2.64. The molecule has 0 spiro atoms. The van der Waals surface area contributed by atoms with Crippen molar-refractivity contribution >= 4 is 18.1 Å². The Bertz CT molecular complexity index is 762. The summed E-state index contributed by atoms with van der Waals surface area (Å²) < 4.78 is 10.6. The number of carbonyl (C=O) groups excluding carboxylic acids is 3. The van der Waals surface area contributed by atoms with Crippen LogP contribution in [-0.2, 0) is 22.6 Å². The summed E-state index contributed by atoms with van der Waals surface area (Å²) in [5.41, 5.74) is 0.234. The molecule has 1 aliphatic heterocycles. The van der Waals surface area contributed by atoms with Crippen LogP contribution in [0.3, 0.4) is 0 Å². The molecule has 0 saturated heterocycles. The van der Waals surface area contributed by atoms with Crippen LogP contribution in [0.1, 0.15) is 63.2 Å². The number of hydrogen-bond donors (Lipinski definition) is 0. The lowest BCUT2D eigenvalue weighted by atomic mass is 10.1. The summed E-state index contributed by atoms with van der Waals surface area (Å²) in [4.78, 5) is 43.8. The molecule has 27 heavy (non-hydrogen) atoms. The predicted molar refractivity (Wildman–Crippen MR) is 98.0 cm³/mol. The Morgan fingerprint density at radius 3 is 2.30 bits per heavy atom. The third-order valence-corrected chi connectivity index (χ3v) is 3.64. The molecule has 8 nitrogen and oxygen atoms in total. The molecule has 8 heteroatoms. The largest absolute Gasteiger partial charge is 0.444 e. The summed E-state index contributed by atoms with van der Waals surface area (Å²) in [6, 6.07) is 1.57. The number of hydrogen-bond acceptors (Lipinski definition) is 6. The Morgan fingerprint density at radius 2 is 1.74 bits per heavy atom. The molecular formula is C19H27N3O5. The second-order valence-electron chi connectivity index (χ2n) is 8.49. The van der Waals surface area contributed by atoms with E-state index in [0.29, 0.717) is 16.8 Å². The lowest BCUT2D eigenvalue weighted by Crippen LogP contribution is -2.37. The molecule has 0 fully saturated rings. The van der Waals surface area contributed by atoms with E-state index < -0.39 is 29.3 Å². The Labute approximate surface area is 159 Å². The number of rotatable bonds is 2.